The first-order valence-electron chi connectivity index (χ1n) is 5.21. The minimum Gasteiger partial charge on any atom is -0.333 e. The van der Waals surface area contributed by atoms with Crippen molar-refractivity contribution in [3.05, 3.63) is 39.8 Å². The summed E-state index contributed by atoms with van der Waals surface area (Å²) in [6.45, 7) is 0. The Morgan fingerprint density at radius 3 is 2.95 bits per heavy atom. The molecular formula is C12H5BrN4OS. The second-order valence-electron chi connectivity index (χ2n) is 3.56. The van der Waals surface area contributed by atoms with Gasteiger partial charge in [0.15, 0.2) is 0 Å². The maximum Gasteiger partial charge on any atom is 0.269 e. The summed E-state index contributed by atoms with van der Waals surface area (Å²) in [5.74, 6) is 0.742. The molecule has 0 spiro atoms. The third-order valence-electron chi connectivity index (χ3n) is 2.36. The third kappa shape index (κ3) is 2.28. The molecule has 3 aromatic heterocycles. The van der Waals surface area contributed by atoms with Gasteiger partial charge in [-0.3, -0.25) is 4.98 Å². The number of thiophene rings is 1. The number of nitrogens with zero attached hydrogens (tertiary/aromatic N) is 4. The molecule has 0 aliphatic carbocycles. The highest BCUT2D eigenvalue weighted by molar-refractivity contribution is 9.10. The zero-order valence-electron chi connectivity index (χ0n) is 9.37. The smallest absolute Gasteiger partial charge is 0.269 e. The lowest BCUT2D eigenvalue weighted by Gasteiger charge is -1.92. The molecule has 0 atom stereocenters. The van der Waals surface area contributed by atoms with Crippen molar-refractivity contribution >= 4 is 27.3 Å². The monoisotopic (exact) mass is 332 g/mol. The molecule has 0 radical (unpaired) electrons. The molecule has 0 aliphatic heterocycles. The molecule has 5 nitrogen and oxygen atoms in total. The number of aromatic nitrogens is 3. The summed E-state index contributed by atoms with van der Waals surface area (Å²) in [4.78, 5) is 9.14. The Balaban J connectivity index is 2.00. The van der Waals surface area contributed by atoms with Crippen molar-refractivity contribution in [1.82, 2.24) is 15.1 Å². The number of hydrogen-bond donors (Lipinski definition) is 0. The number of rotatable bonds is 2. The normalized spacial score (nSPS) is 10.3. The summed E-state index contributed by atoms with van der Waals surface area (Å²) < 4.78 is 6.06. The van der Waals surface area contributed by atoms with Crippen molar-refractivity contribution in [3.63, 3.8) is 0 Å². The number of halogens is 1. The summed E-state index contributed by atoms with van der Waals surface area (Å²) in [6.07, 6.45) is 1.66. The summed E-state index contributed by atoms with van der Waals surface area (Å²) in [5.41, 5.74) is 1.15. The summed E-state index contributed by atoms with van der Waals surface area (Å²) in [5, 5.41) is 14.7. The van der Waals surface area contributed by atoms with Gasteiger partial charge in [-0.25, -0.2) is 0 Å². The van der Waals surface area contributed by atoms with Gasteiger partial charge in [0.05, 0.1) is 5.56 Å². The van der Waals surface area contributed by atoms with Gasteiger partial charge < -0.3 is 4.52 Å². The van der Waals surface area contributed by atoms with Gasteiger partial charge >= 0.3 is 0 Å². The zero-order valence-corrected chi connectivity index (χ0v) is 11.8. The van der Waals surface area contributed by atoms with E-state index in [2.05, 4.69) is 37.1 Å². The summed E-state index contributed by atoms with van der Waals surface area (Å²) in [6, 6.07) is 7.46. The Kier molecular flexibility index (Phi) is 3.11. The van der Waals surface area contributed by atoms with Crippen LogP contribution in [0.25, 0.3) is 22.3 Å². The molecule has 0 saturated carbocycles. The second kappa shape index (κ2) is 4.91. The Hall–Kier alpha value is -2.04. The molecule has 0 aliphatic rings. The molecule has 0 saturated heterocycles. The van der Waals surface area contributed by atoms with Crippen LogP contribution in [0.3, 0.4) is 0 Å². The van der Waals surface area contributed by atoms with Crippen LogP contribution in [0.5, 0.6) is 0 Å². The van der Waals surface area contributed by atoms with Crippen LogP contribution in [0.1, 0.15) is 5.56 Å². The summed E-state index contributed by atoms with van der Waals surface area (Å²) in [7, 11) is 0. The van der Waals surface area contributed by atoms with Crippen LogP contribution in [-0.2, 0) is 0 Å². The molecule has 7 heteroatoms. The fraction of sp³-hybridized carbons (Fsp3) is 0. The Labute approximate surface area is 120 Å². The van der Waals surface area contributed by atoms with Gasteiger partial charge in [0, 0.05) is 10.7 Å². The van der Waals surface area contributed by atoms with E-state index in [0.29, 0.717) is 27.8 Å². The summed E-state index contributed by atoms with van der Waals surface area (Å²) >= 11 is 4.70. The fourth-order valence-electron chi connectivity index (χ4n) is 1.49. The van der Waals surface area contributed by atoms with Crippen molar-refractivity contribution in [2.75, 3.05) is 0 Å². The molecule has 3 heterocycles. The van der Waals surface area contributed by atoms with Crippen molar-refractivity contribution in [1.29, 1.82) is 5.26 Å². The molecule has 0 aromatic carbocycles. The minimum atomic E-state index is 0.339. The molecule has 0 bridgehead atoms. The van der Waals surface area contributed by atoms with Crippen molar-refractivity contribution in [2.45, 2.75) is 0 Å². The average molecular weight is 333 g/mol. The number of nitriles is 1. The van der Waals surface area contributed by atoms with Gasteiger partial charge in [0.25, 0.3) is 5.89 Å². The van der Waals surface area contributed by atoms with E-state index in [-0.39, 0.29) is 0 Å². The Bertz CT molecular complexity index is 757. The average Bonchev–Trinajstić information content (AvgIpc) is 3.07. The highest BCUT2D eigenvalue weighted by Gasteiger charge is 2.15. The number of hydrogen-bond acceptors (Lipinski definition) is 6. The minimum absolute atomic E-state index is 0.339. The fourth-order valence-corrected chi connectivity index (χ4v) is 2.49. The van der Waals surface area contributed by atoms with E-state index in [1.165, 1.54) is 11.3 Å². The van der Waals surface area contributed by atoms with E-state index >= 15 is 0 Å². The van der Waals surface area contributed by atoms with Gasteiger partial charge in [-0.05, 0) is 39.5 Å². The number of pyridine rings is 1. The van der Waals surface area contributed by atoms with E-state index in [1.807, 2.05) is 11.4 Å². The van der Waals surface area contributed by atoms with E-state index in [0.717, 1.165) is 4.47 Å². The molecule has 0 N–H and O–H groups in total. The van der Waals surface area contributed by atoms with E-state index in [1.54, 1.807) is 18.3 Å². The first kappa shape index (κ1) is 12.0. The lowest BCUT2D eigenvalue weighted by atomic mass is 10.3. The molecule has 3 aromatic rings. The van der Waals surface area contributed by atoms with Crippen molar-refractivity contribution in [2.24, 2.45) is 0 Å². The van der Waals surface area contributed by atoms with Gasteiger partial charge in [0.2, 0.25) is 5.82 Å². The van der Waals surface area contributed by atoms with Crippen molar-refractivity contribution in [3.8, 4) is 28.4 Å². The van der Waals surface area contributed by atoms with E-state index < -0.39 is 0 Å². The first-order chi connectivity index (χ1) is 9.28. The van der Waals surface area contributed by atoms with Crippen LogP contribution in [0.15, 0.2) is 38.8 Å². The van der Waals surface area contributed by atoms with Gasteiger partial charge in [-0.2, -0.15) is 10.2 Å². The van der Waals surface area contributed by atoms with Crippen LogP contribution >= 0.6 is 27.3 Å². The third-order valence-corrected chi connectivity index (χ3v) is 3.73. The molecule has 92 valence electrons. The lowest BCUT2D eigenvalue weighted by Crippen LogP contribution is -1.85. The predicted molar refractivity (Wildman–Crippen MR) is 73.3 cm³/mol. The zero-order chi connectivity index (χ0) is 13.2. The Morgan fingerprint density at radius 2 is 2.21 bits per heavy atom. The SMILES string of the molecule is N#Cc1ccsc1-c1nc(-c2ccc(Br)cn2)no1. The molecular weight excluding hydrogens is 328 g/mol. The molecule has 0 amide bonds. The van der Waals surface area contributed by atoms with Crippen LogP contribution in [0, 0.1) is 11.3 Å². The maximum atomic E-state index is 8.97. The quantitative estimate of drug-likeness (QED) is 0.717. The molecule has 19 heavy (non-hydrogen) atoms. The van der Waals surface area contributed by atoms with Crippen molar-refractivity contribution < 1.29 is 4.52 Å². The lowest BCUT2D eigenvalue weighted by molar-refractivity contribution is 0.433. The van der Waals surface area contributed by atoms with Crippen LogP contribution in [0.4, 0.5) is 0 Å². The Morgan fingerprint density at radius 1 is 1.32 bits per heavy atom. The second-order valence-corrected chi connectivity index (χ2v) is 5.39. The van der Waals surface area contributed by atoms with Crippen LogP contribution < -0.4 is 0 Å². The highest BCUT2D eigenvalue weighted by Crippen LogP contribution is 2.29. The van der Waals surface area contributed by atoms with Gasteiger partial charge in [-0.1, -0.05) is 5.16 Å². The van der Waals surface area contributed by atoms with Gasteiger partial charge in [0.1, 0.15) is 16.6 Å². The van der Waals surface area contributed by atoms with Crippen LogP contribution in [-0.4, -0.2) is 15.1 Å². The standard InChI is InChI=1S/C12H5BrN4OS/c13-8-1-2-9(15-6-8)11-16-12(18-17-11)10-7(5-14)3-4-19-10/h1-4,6H. The van der Waals surface area contributed by atoms with E-state index in [9.17, 15) is 0 Å². The molecule has 0 unspecified atom stereocenters. The topological polar surface area (TPSA) is 75.6 Å². The highest BCUT2D eigenvalue weighted by atomic mass is 79.9. The molecule has 3 rings (SSSR count). The molecule has 0 fully saturated rings. The van der Waals surface area contributed by atoms with Gasteiger partial charge in [-0.15, -0.1) is 11.3 Å². The first-order valence-corrected chi connectivity index (χ1v) is 6.89. The maximum absolute atomic E-state index is 8.97. The van der Waals surface area contributed by atoms with E-state index in [4.69, 9.17) is 9.78 Å². The van der Waals surface area contributed by atoms with Crippen LogP contribution in [0.2, 0.25) is 0 Å². The largest absolute Gasteiger partial charge is 0.333 e. The predicted octanol–water partition coefficient (Wildman–Crippen LogP) is 3.49.